The van der Waals surface area contributed by atoms with Gasteiger partial charge < -0.3 is 14.5 Å². The molecule has 1 aromatic carbocycles. The number of carbonyl (C=O) groups excluding carboxylic acids is 1. The summed E-state index contributed by atoms with van der Waals surface area (Å²) >= 11 is 6.33. The second kappa shape index (κ2) is 6.32. The Balaban J connectivity index is 1.95. The molecule has 1 atom stereocenters. The van der Waals surface area contributed by atoms with E-state index in [0.717, 1.165) is 30.5 Å². The summed E-state index contributed by atoms with van der Waals surface area (Å²) in [5, 5.41) is 0.696. The van der Waals surface area contributed by atoms with Gasteiger partial charge in [0.2, 0.25) is 0 Å². The predicted octanol–water partition coefficient (Wildman–Crippen LogP) is 4.99. The minimum atomic E-state index is -0.495. The van der Waals surface area contributed by atoms with Crippen molar-refractivity contribution in [1.29, 1.82) is 0 Å². The Kier molecular flexibility index (Phi) is 4.52. The molecule has 129 valence electrons. The number of ether oxygens (including phenoxy) is 1. The zero-order valence-corrected chi connectivity index (χ0v) is 15.3. The van der Waals surface area contributed by atoms with Crippen molar-refractivity contribution in [3.05, 3.63) is 47.1 Å². The molecule has 1 aromatic rings. The first kappa shape index (κ1) is 17.2. The summed E-state index contributed by atoms with van der Waals surface area (Å²) in [7, 11) is 4.00. The third kappa shape index (κ3) is 3.54. The normalized spacial score (nSPS) is 20.3. The first-order valence-corrected chi connectivity index (χ1v) is 8.70. The molecule has 0 aliphatic carbocycles. The number of fused-ring (bicyclic) bond motifs is 1. The molecule has 0 N–H and O–H groups in total. The fraction of sp³-hybridized carbons (Fsp3) is 0.474. The maximum Gasteiger partial charge on any atom is 0.410 e. The van der Waals surface area contributed by atoms with Gasteiger partial charge in [0.1, 0.15) is 5.60 Å². The topological polar surface area (TPSA) is 32.8 Å². The van der Waals surface area contributed by atoms with Gasteiger partial charge in [0.15, 0.2) is 0 Å². The highest BCUT2D eigenvalue weighted by Crippen LogP contribution is 2.39. The van der Waals surface area contributed by atoms with Gasteiger partial charge >= 0.3 is 6.09 Å². The lowest BCUT2D eigenvalue weighted by atomic mass is 9.92. The molecule has 1 radical (unpaired) electrons. The standard InChI is InChI=1S/C19H24ClN2O2/c1-19(2,3)24-18(23)22-8-5-6-17(22)15-11-14(20)10-13-7-9-21(4)12-16(13)15/h7,9-11,17H,4-6,8,12H2,1-3H3. The van der Waals surface area contributed by atoms with Crippen LogP contribution in [0.4, 0.5) is 4.79 Å². The minimum Gasteiger partial charge on any atom is -0.444 e. The lowest BCUT2D eigenvalue weighted by Gasteiger charge is -2.32. The summed E-state index contributed by atoms with van der Waals surface area (Å²) in [6.45, 7) is 7.11. The second-order valence-corrected chi connectivity index (χ2v) is 7.89. The third-order valence-corrected chi connectivity index (χ3v) is 4.57. The molecule has 2 heterocycles. The van der Waals surface area contributed by atoms with Gasteiger partial charge in [-0.3, -0.25) is 0 Å². The van der Waals surface area contributed by atoms with Crippen molar-refractivity contribution in [2.24, 2.45) is 0 Å². The van der Waals surface area contributed by atoms with Crippen molar-refractivity contribution in [2.45, 2.75) is 51.8 Å². The Morgan fingerprint density at radius 1 is 1.38 bits per heavy atom. The van der Waals surface area contributed by atoms with Crippen LogP contribution in [0.1, 0.15) is 56.3 Å². The number of halogens is 1. The van der Waals surface area contributed by atoms with E-state index in [2.05, 4.69) is 7.05 Å². The van der Waals surface area contributed by atoms with Gasteiger partial charge in [0, 0.05) is 31.4 Å². The highest BCUT2D eigenvalue weighted by molar-refractivity contribution is 6.30. The number of rotatable bonds is 1. The fourth-order valence-corrected chi connectivity index (χ4v) is 3.61. The largest absolute Gasteiger partial charge is 0.444 e. The van der Waals surface area contributed by atoms with Crippen molar-refractivity contribution in [2.75, 3.05) is 6.54 Å². The van der Waals surface area contributed by atoms with Gasteiger partial charge in [0.25, 0.3) is 0 Å². The van der Waals surface area contributed by atoms with E-state index in [1.54, 1.807) is 0 Å². The molecule has 1 unspecified atom stereocenters. The number of amides is 1. The summed E-state index contributed by atoms with van der Waals surface area (Å²) in [4.78, 5) is 16.3. The predicted molar refractivity (Wildman–Crippen MR) is 96.3 cm³/mol. The van der Waals surface area contributed by atoms with Crippen LogP contribution >= 0.6 is 11.6 Å². The first-order valence-electron chi connectivity index (χ1n) is 8.32. The molecule has 1 saturated heterocycles. The average molecular weight is 348 g/mol. The highest BCUT2D eigenvalue weighted by Gasteiger charge is 2.35. The van der Waals surface area contributed by atoms with Crippen molar-refractivity contribution in [3.8, 4) is 0 Å². The van der Waals surface area contributed by atoms with Crippen molar-refractivity contribution in [3.63, 3.8) is 0 Å². The minimum absolute atomic E-state index is 0.00667. The van der Waals surface area contributed by atoms with Gasteiger partial charge in [-0.25, -0.2) is 4.79 Å². The number of hydrogen-bond donors (Lipinski definition) is 0. The molecule has 5 heteroatoms. The average Bonchev–Trinajstić information content (AvgIpc) is 2.94. The lowest BCUT2D eigenvalue weighted by molar-refractivity contribution is 0.0223. The summed E-state index contributed by atoms with van der Waals surface area (Å²) in [5.74, 6) is 0. The zero-order valence-electron chi connectivity index (χ0n) is 14.5. The van der Waals surface area contributed by atoms with Crippen LogP contribution in [-0.4, -0.2) is 28.0 Å². The quantitative estimate of drug-likeness (QED) is 0.717. The number of carbonyl (C=O) groups is 1. The number of nitrogens with zero attached hydrogens (tertiary/aromatic N) is 2. The maximum absolute atomic E-state index is 12.6. The summed E-state index contributed by atoms with van der Waals surface area (Å²) in [6, 6.07) is 3.96. The molecular weight excluding hydrogens is 324 g/mol. The molecule has 3 rings (SSSR count). The van der Waals surface area contributed by atoms with Gasteiger partial charge in [0.05, 0.1) is 6.04 Å². The van der Waals surface area contributed by atoms with E-state index in [1.165, 1.54) is 5.56 Å². The Morgan fingerprint density at radius 2 is 2.12 bits per heavy atom. The van der Waals surface area contributed by atoms with E-state index < -0.39 is 5.60 Å². The monoisotopic (exact) mass is 347 g/mol. The van der Waals surface area contributed by atoms with Gasteiger partial charge in [-0.05, 0) is 68.5 Å². The summed E-state index contributed by atoms with van der Waals surface area (Å²) < 4.78 is 5.59. The van der Waals surface area contributed by atoms with E-state index in [-0.39, 0.29) is 12.1 Å². The van der Waals surface area contributed by atoms with Crippen LogP contribution in [0.5, 0.6) is 0 Å². The van der Waals surface area contributed by atoms with Crippen LogP contribution in [0.2, 0.25) is 5.02 Å². The molecule has 1 fully saturated rings. The number of likely N-dealkylation sites (tertiary alicyclic amines) is 1. The Morgan fingerprint density at radius 3 is 2.83 bits per heavy atom. The molecule has 2 aliphatic heterocycles. The maximum atomic E-state index is 12.6. The van der Waals surface area contributed by atoms with Crippen LogP contribution in [0, 0.1) is 7.05 Å². The lowest BCUT2D eigenvalue weighted by Crippen LogP contribution is -2.36. The van der Waals surface area contributed by atoms with E-state index >= 15 is 0 Å². The SMILES string of the molecule is [CH2]N1C=Cc2cc(Cl)cc(C3CCCN3C(=O)OC(C)(C)C)c2C1. The van der Waals surface area contributed by atoms with Crippen LogP contribution in [0.15, 0.2) is 18.3 Å². The van der Waals surface area contributed by atoms with E-state index in [4.69, 9.17) is 16.3 Å². The van der Waals surface area contributed by atoms with E-state index in [9.17, 15) is 4.79 Å². The summed E-state index contributed by atoms with van der Waals surface area (Å²) in [6.07, 6.45) is 5.61. The van der Waals surface area contributed by atoms with E-state index in [1.807, 2.05) is 55.0 Å². The smallest absolute Gasteiger partial charge is 0.410 e. The molecule has 2 aliphatic rings. The Hall–Kier alpha value is -1.68. The number of hydrogen-bond acceptors (Lipinski definition) is 3. The molecule has 0 saturated carbocycles. The van der Waals surface area contributed by atoms with Crippen LogP contribution < -0.4 is 0 Å². The van der Waals surface area contributed by atoms with Gasteiger partial charge in [-0.2, -0.15) is 0 Å². The first-order chi connectivity index (χ1) is 11.2. The summed E-state index contributed by atoms with van der Waals surface area (Å²) in [5.41, 5.74) is 2.91. The molecular formula is C19H24ClN2O2. The zero-order chi connectivity index (χ0) is 17.5. The fourth-order valence-electron chi connectivity index (χ4n) is 3.38. The molecule has 4 nitrogen and oxygen atoms in total. The molecule has 0 aromatic heterocycles. The van der Waals surface area contributed by atoms with Crippen LogP contribution in [-0.2, 0) is 11.3 Å². The van der Waals surface area contributed by atoms with Crippen LogP contribution in [0.3, 0.4) is 0 Å². The molecule has 0 bridgehead atoms. The third-order valence-electron chi connectivity index (χ3n) is 4.35. The van der Waals surface area contributed by atoms with Crippen molar-refractivity contribution < 1.29 is 9.53 Å². The Bertz CT molecular complexity index is 679. The van der Waals surface area contributed by atoms with Crippen molar-refractivity contribution in [1.82, 2.24) is 9.80 Å². The number of benzene rings is 1. The van der Waals surface area contributed by atoms with Crippen molar-refractivity contribution >= 4 is 23.8 Å². The molecule has 1 amide bonds. The Labute approximate surface area is 149 Å². The van der Waals surface area contributed by atoms with E-state index in [0.29, 0.717) is 11.6 Å². The van der Waals surface area contributed by atoms with Crippen LogP contribution in [0.25, 0.3) is 6.08 Å². The molecule has 24 heavy (non-hydrogen) atoms. The highest BCUT2D eigenvalue weighted by atomic mass is 35.5. The van der Waals surface area contributed by atoms with Gasteiger partial charge in [-0.1, -0.05) is 11.6 Å². The molecule has 0 spiro atoms. The second-order valence-electron chi connectivity index (χ2n) is 7.46. The van der Waals surface area contributed by atoms with Gasteiger partial charge in [-0.15, -0.1) is 0 Å².